The van der Waals surface area contributed by atoms with Crippen molar-refractivity contribution < 1.29 is 9.59 Å². The summed E-state index contributed by atoms with van der Waals surface area (Å²) in [6, 6.07) is 2.45. The molecule has 2 unspecified atom stereocenters. The molecule has 0 aliphatic carbocycles. The second-order valence-corrected chi connectivity index (χ2v) is 6.96. The first kappa shape index (κ1) is 16.1. The Morgan fingerprint density at radius 3 is 2.64 bits per heavy atom. The van der Waals surface area contributed by atoms with Crippen LogP contribution in [0.5, 0.6) is 0 Å². The molecule has 4 rings (SSSR count). The van der Waals surface area contributed by atoms with Crippen LogP contribution in [-0.4, -0.2) is 56.4 Å². The van der Waals surface area contributed by atoms with E-state index in [0.717, 1.165) is 50.0 Å². The molecule has 2 atom stereocenters. The van der Waals surface area contributed by atoms with Gasteiger partial charge in [0.15, 0.2) is 5.65 Å². The van der Waals surface area contributed by atoms with Gasteiger partial charge in [-0.05, 0) is 31.7 Å². The van der Waals surface area contributed by atoms with Gasteiger partial charge in [0, 0.05) is 33.1 Å². The number of amides is 1. The fourth-order valence-electron chi connectivity index (χ4n) is 4.43. The maximum atomic E-state index is 12.0. The molecule has 2 saturated heterocycles. The van der Waals surface area contributed by atoms with Crippen LogP contribution in [-0.2, 0) is 4.79 Å². The van der Waals surface area contributed by atoms with Gasteiger partial charge in [0.05, 0.1) is 17.5 Å². The van der Waals surface area contributed by atoms with Gasteiger partial charge in [-0.25, -0.2) is 9.97 Å². The van der Waals surface area contributed by atoms with Gasteiger partial charge in [-0.3, -0.25) is 14.2 Å². The number of aromatic nitrogens is 3. The van der Waals surface area contributed by atoms with Crippen LogP contribution in [0.4, 0.5) is 5.82 Å². The number of fused-ring (bicyclic) bond motifs is 2. The number of hydrogen-bond acceptors (Lipinski definition) is 5. The molecule has 2 aromatic rings. The van der Waals surface area contributed by atoms with E-state index in [0.29, 0.717) is 5.65 Å². The van der Waals surface area contributed by atoms with Gasteiger partial charge in [0.2, 0.25) is 11.8 Å². The molecule has 0 spiro atoms. The molecule has 0 bridgehead atoms. The Balaban J connectivity index is 1.77. The van der Waals surface area contributed by atoms with E-state index in [2.05, 4.69) is 14.9 Å². The zero-order valence-corrected chi connectivity index (χ0v) is 14.7. The second-order valence-electron chi connectivity index (χ2n) is 6.96. The highest BCUT2D eigenvalue weighted by Crippen LogP contribution is 2.35. The van der Waals surface area contributed by atoms with E-state index in [1.807, 2.05) is 11.0 Å². The minimum Gasteiger partial charge on any atom is -0.351 e. The van der Waals surface area contributed by atoms with Crippen LogP contribution in [0, 0.1) is 0 Å². The van der Waals surface area contributed by atoms with Crippen LogP contribution in [0.25, 0.3) is 11.0 Å². The average molecular weight is 341 g/mol. The average Bonchev–Trinajstić information content (AvgIpc) is 3.14. The molecule has 0 aromatic carbocycles. The van der Waals surface area contributed by atoms with Crippen molar-refractivity contribution in [2.24, 2.45) is 0 Å². The molecule has 132 valence electrons. The summed E-state index contributed by atoms with van der Waals surface area (Å²) in [5.41, 5.74) is 0.653. The molecule has 0 N–H and O–H groups in total. The van der Waals surface area contributed by atoms with Crippen molar-refractivity contribution in [3.8, 4) is 0 Å². The number of carbonyl (C=O) groups is 2. The maximum Gasteiger partial charge on any atom is 0.229 e. The van der Waals surface area contributed by atoms with Gasteiger partial charge in [0.1, 0.15) is 12.1 Å². The van der Waals surface area contributed by atoms with Crippen LogP contribution in [0.1, 0.15) is 44.3 Å². The first-order chi connectivity index (χ1) is 12.1. The van der Waals surface area contributed by atoms with Crippen molar-refractivity contribution in [2.45, 2.75) is 51.6 Å². The van der Waals surface area contributed by atoms with Crippen molar-refractivity contribution >= 4 is 28.7 Å². The topological polar surface area (TPSA) is 71.3 Å². The summed E-state index contributed by atoms with van der Waals surface area (Å²) in [7, 11) is 0. The highest BCUT2D eigenvalue weighted by molar-refractivity contribution is 5.94. The van der Waals surface area contributed by atoms with Crippen LogP contribution < -0.4 is 4.90 Å². The third-order valence-electron chi connectivity index (χ3n) is 5.54. The predicted octanol–water partition coefficient (Wildman–Crippen LogP) is 2.07. The minimum absolute atomic E-state index is 0.0583. The summed E-state index contributed by atoms with van der Waals surface area (Å²) in [5, 5.41) is 0.902. The quantitative estimate of drug-likeness (QED) is 0.794. The molecule has 7 heteroatoms. The number of nitrogens with zero attached hydrogens (tertiary/aromatic N) is 5. The van der Waals surface area contributed by atoms with E-state index >= 15 is 0 Å². The van der Waals surface area contributed by atoms with Gasteiger partial charge in [-0.1, -0.05) is 0 Å². The fraction of sp³-hybridized carbons (Fsp3) is 0.556. The van der Waals surface area contributed by atoms with Gasteiger partial charge in [-0.2, -0.15) is 0 Å². The molecule has 2 aliphatic rings. The molecule has 2 fully saturated rings. The summed E-state index contributed by atoms with van der Waals surface area (Å²) in [4.78, 5) is 37.0. The van der Waals surface area contributed by atoms with Crippen molar-refractivity contribution in [3.05, 3.63) is 18.6 Å². The molecule has 1 amide bonds. The highest BCUT2D eigenvalue weighted by atomic mass is 16.2. The van der Waals surface area contributed by atoms with Crippen molar-refractivity contribution in [1.82, 2.24) is 19.4 Å². The Labute approximate surface area is 146 Å². The molecular formula is C18H23N5O2. The van der Waals surface area contributed by atoms with Gasteiger partial charge in [0.25, 0.3) is 0 Å². The molecule has 0 saturated carbocycles. The van der Waals surface area contributed by atoms with Crippen molar-refractivity contribution in [1.29, 1.82) is 0 Å². The van der Waals surface area contributed by atoms with Crippen molar-refractivity contribution in [3.63, 3.8) is 0 Å². The maximum absolute atomic E-state index is 12.0. The number of rotatable bonds is 1. The van der Waals surface area contributed by atoms with Crippen LogP contribution >= 0.6 is 0 Å². The summed E-state index contributed by atoms with van der Waals surface area (Å²) in [6.07, 6.45) is 7.50. The van der Waals surface area contributed by atoms with Crippen LogP contribution in [0.3, 0.4) is 0 Å². The summed E-state index contributed by atoms with van der Waals surface area (Å²) >= 11 is 0. The van der Waals surface area contributed by atoms with Gasteiger partial charge < -0.3 is 9.80 Å². The predicted molar refractivity (Wildman–Crippen MR) is 94.6 cm³/mol. The molecule has 2 aliphatic heterocycles. The van der Waals surface area contributed by atoms with Gasteiger partial charge >= 0.3 is 0 Å². The lowest BCUT2D eigenvalue weighted by atomic mass is 10.0. The van der Waals surface area contributed by atoms with Crippen LogP contribution in [0.15, 0.2) is 18.6 Å². The van der Waals surface area contributed by atoms with E-state index in [4.69, 9.17) is 0 Å². The third kappa shape index (κ3) is 2.58. The minimum atomic E-state index is -0.0583. The third-order valence-corrected chi connectivity index (χ3v) is 5.54. The summed E-state index contributed by atoms with van der Waals surface area (Å²) in [6.45, 7) is 4.92. The zero-order chi connectivity index (χ0) is 17.6. The molecule has 7 nitrogen and oxygen atoms in total. The number of anilines is 1. The number of likely N-dealkylation sites (tertiary alicyclic amines) is 1. The lowest BCUT2D eigenvalue weighted by Crippen LogP contribution is -2.45. The van der Waals surface area contributed by atoms with E-state index in [-0.39, 0.29) is 23.9 Å². The van der Waals surface area contributed by atoms with Crippen LogP contribution in [0.2, 0.25) is 0 Å². The monoisotopic (exact) mass is 341 g/mol. The Morgan fingerprint density at radius 1 is 1.04 bits per heavy atom. The number of carbonyl (C=O) groups excluding carboxylic acids is 2. The standard InChI is InChI=1S/C18H23N5O2/c1-12(24)21-10-7-16-15(21)5-3-4-8-23(16)18-14-6-9-22(13(2)25)17(14)19-11-20-18/h6,9,11,15-16H,3-5,7-8,10H2,1-2H3. The molecule has 25 heavy (non-hydrogen) atoms. The molecular weight excluding hydrogens is 318 g/mol. The lowest BCUT2D eigenvalue weighted by molar-refractivity contribution is -0.129. The zero-order valence-electron chi connectivity index (χ0n) is 14.7. The Bertz CT molecular complexity index is 830. The Hall–Kier alpha value is -2.44. The normalized spacial score (nSPS) is 23.6. The second kappa shape index (κ2) is 6.13. The Morgan fingerprint density at radius 2 is 1.88 bits per heavy atom. The molecule has 0 radical (unpaired) electrons. The summed E-state index contributed by atoms with van der Waals surface area (Å²) in [5.74, 6) is 0.981. The van der Waals surface area contributed by atoms with E-state index in [9.17, 15) is 9.59 Å². The lowest BCUT2D eigenvalue weighted by Gasteiger charge is -2.33. The fourth-order valence-corrected chi connectivity index (χ4v) is 4.43. The van der Waals surface area contributed by atoms with E-state index in [1.165, 1.54) is 13.3 Å². The van der Waals surface area contributed by atoms with Crippen molar-refractivity contribution in [2.75, 3.05) is 18.0 Å². The summed E-state index contributed by atoms with van der Waals surface area (Å²) < 4.78 is 1.56. The first-order valence-corrected chi connectivity index (χ1v) is 8.95. The number of hydrogen-bond donors (Lipinski definition) is 0. The van der Waals surface area contributed by atoms with E-state index in [1.54, 1.807) is 17.7 Å². The first-order valence-electron chi connectivity index (χ1n) is 8.95. The van der Waals surface area contributed by atoms with E-state index < -0.39 is 0 Å². The Kier molecular flexibility index (Phi) is 3.94. The largest absolute Gasteiger partial charge is 0.351 e. The molecule has 2 aromatic heterocycles. The highest BCUT2D eigenvalue weighted by Gasteiger charge is 2.40. The smallest absolute Gasteiger partial charge is 0.229 e. The molecule has 4 heterocycles. The SMILES string of the molecule is CC(=O)N1CCC2C1CCCCN2c1ncnc2c1ccn2C(C)=O. The van der Waals surface area contributed by atoms with Gasteiger partial charge in [-0.15, -0.1) is 0 Å².